The van der Waals surface area contributed by atoms with Crippen molar-refractivity contribution in [1.29, 1.82) is 0 Å². The molecule has 1 heterocycles. The van der Waals surface area contributed by atoms with Gasteiger partial charge in [0.15, 0.2) is 0 Å². The molecule has 0 spiro atoms. The molecule has 6 heteroatoms. The molecule has 2 amide bonds. The zero-order valence-electron chi connectivity index (χ0n) is 17.9. The summed E-state index contributed by atoms with van der Waals surface area (Å²) in [6.45, 7) is 0.851. The minimum absolute atomic E-state index is 0.0468. The molecule has 0 atom stereocenters. The van der Waals surface area contributed by atoms with Crippen LogP contribution in [0.1, 0.15) is 87.4 Å². The van der Waals surface area contributed by atoms with Crippen molar-refractivity contribution in [2.45, 2.75) is 89.6 Å². The maximum atomic E-state index is 13.1. The minimum atomic E-state index is -0.327. The summed E-state index contributed by atoms with van der Waals surface area (Å²) in [6, 6.07) is 8.41. The van der Waals surface area contributed by atoms with Crippen LogP contribution in [0.4, 0.5) is 0 Å². The molecule has 3 N–H and O–H groups in total. The first-order valence-electron chi connectivity index (χ1n) is 11.5. The van der Waals surface area contributed by atoms with Gasteiger partial charge in [-0.3, -0.25) is 14.8 Å². The van der Waals surface area contributed by atoms with Crippen LogP contribution in [0.5, 0.6) is 0 Å². The van der Waals surface area contributed by atoms with Gasteiger partial charge in [0.1, 0.15) is 0 Å². The van der Waals surface area contributed by atoms with E-state index in [-0.39, 0.29) is 17.9 Å². The van der Waals surface area contributed by atoms with Gasteiger partial charge in [-0.25, -0.2) is 5.48 Å². The second-order valence-corrected chi connectivity index (χ2v) is 8.47. The number of benzene rings is 1. The molecule has 1 aromatic carbocycles. The molecule has 0 saturated heterocycles. The molecular weight excluding hydrogens is 378 g/mol. The highest BCUT2D eigenvalue weighted by Crippen LogP contribution is 2.23. The Labute approximate surface area is 179 Å². The molecule has 1 aliphatic carbocycles. The molecule has 1 aliphatic rings. The molecule has 3 rings (SSSR count). The molecule has 6 nitrogen and oxygen atoms in total. The van der Waals surface area contributed by atoms with Gasteiger partial charge in [-0.1, -0.05) is 63.1 Å². The molecular formula is C24H35N3O3. The number of hydroxylamine groups is 1. The Kier molecular flexibility index (Phi) is 8.75. The molecule has 0 unspecified atom stereocenters. The number of aryl methyl sites for hydroxylation is 1. The van der Waals surface area contributed by atoms with Crippen molar-refractivity contribution < 1.29 is 14.8 Å². The number of hydrogen-bond donors (Lipinski definition) is 3. The van der Waals surface area contributed by atoms with Gasteiger partial charge in [0.25, 0.3) is 5.91 Å². The summed E-state index contributed by atoms with van der Waals surface area (Å²) in [5.41, 5.74) is 3.54. The third kappa shape index (κ3) is 6.33. The fourth-order valence-corrected chi connectivity index (χ4v) is 4.45. The lowest BCUT2D eigenvalue weighted by molar-refractivity contribution is -0.129. The van der Waals surface area contributed by atoms with Crippen LogP contribution in [0.3, 0.4) is 0 Å². The summed E-state index contributed by atoms with van der Waals surface area (Å²) in [7, 11) is 0. The number of aromatic nitrogens is 1. The van der Waals surface area contributed by atoms with Crippen molar-refractivity contribution in [3.8, 4) is 0 Å². The molecule has 164 valence electrons. The van der Waals surface area contributed by atoms with Crippen molar-refractivity contribution in [2.75, 3.05) is 0 Å². The third-order valence-electron chi connectivity index (χ3n) is 6.15. The normalized spacial score (nSPS) is 15.5. The average Bonchev–Trinajstić information content (AvgIpc) is 3.11. The first-order chi connectivity index (χ1) is 14.7. The van der Waals surface area contributed by atoms with Crippen LogP contribution in [-0.2, 0) is 11.3 Å². The number of nitrogens with one attached hydrogen (secondary N) is 2. The zero-order chi connectivity index (χ0) is 21.2. The highest BCUT2D eigenvalue weighted by Gasteiger charge is 2.19. The van der Waals surface area contributed by atoms with Gasteiger partial charge in [0.2, 0.25) is 5.91 Å². The van der Waals surface area contributed by atoms with Crippen molar-refractivity contribution in [1.82, 2.24) is 15.4 Å². The van der Waals surface area contributed by atoms with Gasteiger partial charge in [-0.2, -0.15) is 0 Å². The molecule has 0 aliphatic heterocycles. The lowest BCUT2D eigenvalue weighted by Gasteiger charge is -2.20. The van der Waals surface area contributed by atoms with E-state index >= 15 is 0 Å². The molecule has 1 saturated carbocycles. The van der Waals surface area contributed by atoms with E-state index in [1.807, 2.05) is 24.4 Å². The van der Waals surface area contributed by atoms with E-state index in [0.29, 0.717) is 6.42 Å². The van der Waals surface area contributed by atoms with Crippen molar-refractivity contribution >= 4 is 22.7 Å². The summed E-state index contributed by atoms with van der Waals surface area (Å²) < 4.78 is 2.18. The maximum absolute atomic E-state index is 13.1. The zero-order valence-corrected chi connectivity index (χ0v) is 17.9. The van der Waals surface area contributed by atoms with Gasteiger partial charge in [-0.15, -0.1) is 0 Å². The van der Waals surface area contributed by atoms with E-state index < -0.39 is 0 Å². The van der Waals surface area contributed by atoms with Crippen LogP contribution in [0.15, 0.2) is 30.5 Å². The van der Waals surface area contributed by atoms with Crippen LogP contribution < -0.4 is 10.8 Å². The summed E-state index contributed by atoms with van der Waals surface area (Å²) in [5.74, 6) is -0.281. The van der Waals surface area contributed by atoms with Crippen LogP contribution in [0.2, 0.25) is 0 Å². The highest BCUT2D eigenvalue weighted by atomic mass is 16.5. The second-order valence-electron chi connectivity index (χ2n) is 8.47. The predicted octanol–water partition coefficient (Wildman–Crippen LogP) is 4.94. The Morgan fingerprint density at radius 2 is 1.67 bits per heavy atom. The Bertz CT molecular complexity index is 822. The second kappa shape index (κ2) is 11.7. The van der Waals surface area contributed by atoms with Gasteiger partial charge in [0, 0.05) is 36.1 Å². The fourth-order valence-electron chi connectivity index (χ4n) is 4.45. The number of para-hydroxylation sites is 1. The summed E-state index contributed by atoms with van der Waals surface area (Å²) in [4.78, 5) is 24.1. The smallest absolute Gasteiger partial charge is 0.253 e. The average molecular weight is 414 g/mol. The minimum Gasteiger partial charge on any atom is -0.349 e. The van der Waals surface area contributed by atoms with Crippen LogP contribution >= 0.6 is 0 Å². The molecule has 2 aromatic rings. The highest BCUT2D eigenvalue weighted by molar-refractivity contribution is 6.07. The number of unbranched alkanes of at least 4 members (excludes halogenated alkanes) is 3. The first kappa shape index (κ1) is 22.3. The van der Waals surface area contributed by atoms with Gasteiger partial charge in [-0.05, 0) is 31.7 Å². The number of carbonyl (C=O) groups excluding carboxylic acids is 2. The predicted molar refractivity (Wildman–Crippen MR) is 119 cm³/mol. The van der Waals surface area contributed by atoms with Crippen molar-refractivity contribution in [3.05, 3.63) is 36.0 Å². The van der Waals surface area contributed by atoms with Crippen LogP contribution in [-0.4, -0.2) is 27.6 Å². The molecule has 0 radical (unpaired) electrons. The Morgan fingerprint density at radius 1 is 0.967 bits per heavy atom. The number of nitrogens with zero attached hydrogens (tertiary/aromatic N) is 1. The van der Waals surface area contributed by atoms with Crippen LogP contribution in [0, 0.1) is 0 Å². The molecule has 0 bridgehead atoms. The summed E-state index contributed by atoms with van der Waals surface area (Å²) in [6.07, 6.45) is 14.5. The maximum Gasteiger partial charge on any atom is 0.253 e. The Balaban J connectivity index is 1.59. The number of rotatable bonds is 9. The van der Waals surface area contributed by atoms with E-state index in [4.69, 9.17) is 5.21 Å². The lowest BCUT2D eigenvalue weighted by Crippen LogP contribution is -2.35. The first-order valence-corrected chi connectivity index (χ1v) is 11.5. The standard InChI is InChI=1S/C24H35N3O3/c28-23(26-30)16-8-4-5-11-17-27-18-21(20-14-9-10-15-22(20)27)24(29)25-19-12-6-2-1-3-7-13-19/h9-10,14-15,18-19,30H,1-8,11-13,16-17H2,(H,25,29)(H,26,28). The van der Waals surface area contributed by atoms with E-state index in [1.165, 1.54) is 32.1 Å². The van der Waals surface area contributed by atoms with Gasteiger partial charge in [0.05, 0.1) is 5.56 Å². The number of hydrogen-bond acceptors (Lipinski definition) is 3. The van der Waals surface area contributed by atoms with Gasteiger partial charge < -0.3 is 9.88 Å². The van der Waals surface area contributed by atoms with E-state index in [9.17, 15) is 9.59 Å². The lowest BCUT2D eigenvalue weighted by atomic mass is 9.96. The Hall–Kier alpha value is -2.34. The SMILES string of the molecule is O=C(CCCCCCn1cc(C(=O)NC2CCCCCCC2)c2ccccc21)NO. The Morgan fingerprint density at radius 3 is 2.43 bits per heavy atom. The molecule has 30 heavy (non-hydrogen) atoms. The number of carbonyl (C=O) groups is 2. The fraction of sp³-hybridized carbons (Fsp3) is 0.583. The van der Waals surface area contributed by atoms with E-state index in [1.54, 1.807) is 5.48 Å². The molecule has 1 aromatic heterocycles. The monoisotopic (exact) mass is 413 g/mol. The third-order valence-corrected chi connectivity index (χ3v) is 6.15. The van der Waals surface area contributed by atoms with Gasteiger partial charge >= 0.3 is 0 Å². The van der Waals surface area contributed by atoms with Crippen LogP contribution in [0.25, 0.3) is 10.9 Å². The summed E-state index contributed by atoms with van der Waals surface area (Å²) >= 11 is 0. The topological polar surface area (TPSA) is 83.4 Å². The quantitative estimate of drug-likeness (QED) is 0.309. The van der Waals surface area contributed by atoms with E-state index in [2.05, 4.69) is 16.0 Å². The largest absolute Gasteiger partial charge is 0.349 e. The van der Waals surface area contributed by atoms with Crippen molar-refractivity contribution in [3.63, 3.8) is 0 Å². The molecule has 1 fully saturated rings. The number of fused-ring (bicyclic) bond motifs is 1. The number of amides is 2. The van der Waals surface area contributed by atoms with E-state index in [0.717, 1.165) is 61.5 Å². The van der Waals surface area contributed by atoms with Crippen molar-refractivity contribution in [2.24, 2.45) is 0 Å². The summed E-state index contributed by atoms with van der Waals surface area (Å²) in [5, 5.41) is 12.8.